The van der Waals surface area contributed by atoms with Gasteiger partial charge in [0, 0.05) is 5.02 Å². The molecule has 0 bridgehead atoms. The van der Waals surface area contributed by atoms with Crippen LogP contribution in [0.4, 0.5) is 0 Å². The van der Waals surface area contributed by atoms with Crippen LogP contribution in [0.5, 0.6) is 0 Å². The van der Waals surface area contributed by atoms with E-state index in [-0.39, 0.29) is 18.8 Å². The fourth-order valence-corrected chi connectivity index (χ4v) is 1.61. The Morgan fingerprint density at radius 3 is 2.78 bits per heavy atom. The summed E-state index contributed by atoms with van der Waals surface area (Å²) in [4.78, 5) is 21.6. The predicted octanol–water partition coefficient (Wildman–Crippen LogP) is 2.54. The van der Waals surface area contributed by atoms with E-state index in [1.54, 1.807) is 30.4 Å². The summed E-state index contributed by atoms with van der Waals surface area (Å²) in [7, 11) is 1.31. The number of halogens is 1. The van der Waals surface area contributed by atoms with Gasteiger partial charge < -0.3 is 9.84 Å². The first kappa shape index (κ1) is 14.3. The van der Waals surface area contributed by atoms with Gasteiger partial charge in [0.25, 0.3) is 0 Å². The van der Waals surface area contributed by atoms with E-state index in [2.05, 4.69) is 4.74 Å². The molecule has 0 saturated carbocycles. The highest BCUT2D eigenvalue weighted by Gasteiger charge is 2.06. The molecule has 0 heterocycles. The molecule has 4 nitrogen and oxygen atoms in total. The van der Waals surface area contributed by atoms with Crippen molar-refractivity contribution < 1.29 is 19.4 Å². The van der Waals surface area contributed by atoms with Crippen molar-refractivity contribution in [3.05, 3.63) is 40.4 Å². The molecule has 0 saturated heterocycles. The van der Waals surface area contributed by atoms with Crippen LogP contribution in [-0.4, -0.2) is 24.2 Å². The average Bonchev–Trinajstić information content (AvgIpc) is 2.31. The van der Waals surface area contributed by atoms with Crippen molar-refractivity contribution in [1.82, 2.24) is 0 Å². The molecule has 0 unspecified atom stereocenters. The molecule has 0 fully saturated rings. The van der Waals surface area contributed by atoms with Gasteiger partial charge >= 0.3 is 11.9 Å². The standard InChI is InChI=1S/C13H13ClO4/c1-18-13(17)4-2-3-9-5-6-11(14)7-10(9)8-12(15)16/h2-3,5-7H,4,8H2,1H3,(H,15,16). The summed E-state index contributed by atoms with van der Waals surface area (Å²) in [5.41, 5.74) is 1.34. The third-order valence-corrected chi connectivity index (χ3v) is 2.49. The minimum atomic E-state index is -0.931. The molecule has 0 amide bonds. The topological polar surface area (TPSA) is 63.6 Å². The lowest BCUT2D eigenvalue weighted by molar-refractivity contribution is -0.139. The number of carbonyl (C=O) groups is 2. The molecule has 0 aromatic heterocycles. The molecule has 18 heavy (non-hydrogen) atoms. The minimum Gasteiger partial charge on any atom is -0.481 e. The zero-order chi connectivity index (χ0) is 13.5. The maximum absolute atomic E-state index is 10.9. The molecule has 0 aliphatic carbocycles. The van der Waals surface area contributed by atoms with Crippen molar-refractivity contribution in [3.8, 4) is 0 Å². The fraction of sp³-hybridized carbons (Fsp3) is 0.231. The highest BCUT2D eigenvalue weighted by Crippen LogP contribution is 2.18. The summed E-state index contributed by atoms with van der Waals surface area (Å²) in [5.74, 6) is -1.28. The predicted molar refractivity (Wildman–Crippen MR) is 68.5 cm³/mol. The Balaban J connectivity index is 2.87. The van der Waals surface area contributed by atoms with Gasteiger partial charge in [0.15, 0.2) is 0 Å². The molecule has 96 valence electrons. The van der Waals surface area contributed by atoms with E-state index >= 15 is 0 Å². The molecule has 1 aromatic carbocycles. The quantitative estimate of drug-likeness (QED) is 0.834. The van der Waals surface area contributed by atoms with Crippen LogP contribution in [0.2, 0.25) is 5.02 Å². The van der Waals surface area contributed by atoms with Crippen molar-refractivity contribution in [3.63, 3.8) is 0 Å². The number of benzene rings is 1. The molecule has 1 rings (SSSR count). The van der Waals surface area contributed by atoms with E-state index in [1.165, 1.54) is 7.11 Å². The van der Waals surface area contributed by atoms with Crippen LogP contribution < -0.4 is 0 Å². The second-order valence-corrected chi connectivity index (χ2v) is 4.03. The van der Waals surface area contributed by atoms with E-state index in [0.29, 0.717) is 10.6 Å². The highest BCUT2D eigenvalue weighted by atomic mass is 35.5. The fourth-order valence-electron chi connectivity index (χ4n) is 1.42. The summed E-state index contributed by atoms with van der Waals surface area (Å²) >= 11 is 5.82. The summed E-state index contributed by atoms with van der Waals surface area (Å²) in [5, 5.41) is 9.28. The third kappa shape index (κ3) is 4.59. The van der Waals surface area contributed by atoms with Crippen molar-refractivity contribution in [1.29, 1.82) is 0 Å². The zero-order valence-electron chi connectivity index (χ0n) is 9.85. The first-order valence-electron chi connectivity index (χ1n) is 5.26. The van der Waals surface area contributed by atoms with Crippen LogP contribution in [0.25, 0.3) is 6.08 Å². The van der Waals surface area contributed by atoms with Crippen molar-refractivity contribution >= 4 is 29.6 Å². The number of ether oxygens (including phenoxy) is 1. The molecule has 0 spiro atoms. The number of carboxylic acids is 1. The molecule has 0 aliphatic rings. The maximum Gasteiger partial charge on any atom is 0.309 e. The van der Waals surface area contributed by atoms with Crippen molar-refractivity contribution in [2.45, 2.75) is 12.8 Å². The van der Waals surface area contributed by atoms with Gasteiger partial charge in [0.05, 0.1) is 20.0 Å². The van der Waals surface area contributed by atoms with Gasteiger partial charge in [-0.2, -0.15) is 0 Å². The van der Waals surface area contributed by atoms with Crippen LogP contribution in [0.3, 0.4) is 0 Å². The monoisotopic (exact) mass is 268 g/mol. The Labute approximate surface area is 110 Å². The molecule has 1 aromatic rings. The molecular weight excluding hydrogens is 256 g/mol. The number of methoxy groups -OCH3 is 1. The van der Waals surface area contributed by atoms with E-state index in [1.807, 2.05) is 0 Å². The third-order valence-electron chi connectivity index (χ3n) is 2.26. The number of hydrogen-bond donors (Lipinski definition) is 1. The second kappa shape index (κ2) is 6.81. The SMILES string of the molecule is COC(=O)CC=Cc1ccc(Cl)cc1CC(=O)O. The number of carbonyl (C=O) groups excluding carboxylic acids is 1. The molecular formula is C13H13ClO4. The summed E-state index contributed by atoms with van der Waals surface area (Å²) < 4.78 is 4.50. The number of esters is 1. The van der Waals surface area contributed by atoms with E-state index in [4.69, 9.17) is 16.7 Å². The average molecular weight is 269 g/mol. The molecule has 5 heteroatoms. The summed E-state index contributed by atoms with van der Waals surface area (Å²) in [6, 6.07) is 4.99. The van der Waals surface area contributed by atoms with Gasteiger partial charge in [-0.3, -0.25) is 9.59 Å². The van der Waals surface area contributed by atoms with Crippen LogP contribution >= 0.6 is 11.6 Å². The van der Waals surface area contributed by atoms with Gasteiger partial charge in [-0.05, 0) is 23.3 Å². The van der Waals surface area contributed by atoms with E-state index in [0.717, 1.165) is 5.56 Å². The van der Waals surface area contributed by atoms with Crippen molar-refractivity contribution in [2.24, 2.45) is 0 Å². The van der Waals surface area contributed by atoms with Crippen molar-refractivity contribution in [2.75, 3.05) is 7.11 Å². The van der Waals surface area contributed by atoms with Crippen LogP contribution in [-0.2, 0) is 20.7 Å². The normalized spacial score (nSPS) is 10.6. The number of carboxylic acid groups (broad SMARTS) is 1. The largest absolute Gasteiger partial charge is 0.481 e. The Morgan fingerprint density at radius 2 is 2.17 bits per heavy atom. The second-order valence-electron chi connectivity index (χ2n) is 3.60. The maximum atomic E-state index is 10.9. The summed E-state index contributed by atoms with van der Waals surface area (Å²) in [6.45, 7) is 0. The molecule has 1 N–H and O–H groups in total. The lowest BCUT2D eigenvalue weighted by Crippen LogP contribution is -2.02. The van der Waals surface area contributed by atoms with Gasteiger partial charge in [-0.15, -0.1) is 0 Å². The lowest BCUT2D eigenvalue weighted by atomic mass is 10.0. The number of hydrogen-bond acceptors (Lipinski definition) is 3. The minimum absolute atomic E-state index is 0.113. The lowest BCUT2D eigenvalue weighted by Gasteiger charge is -2.04. The molecule has 0 atom stereocenters. The van der Waals surface area contributed by atoms with Gasteiger partial charge in [0.2, 0.25) is 0 Å². The van der Waals surface area contributed by atoms with E-state index < -0.39 is 5.97 Å². The van der Waals surface area contributed by atoms with Gasteiger partial charge in [0.1, 0.15) is 0 Å². The Hall–Kier alpha value is -1.81. The van der Waals surface area contributed by atoms with Gasteiger partial charge in [-0.25, -0.2) is 0 Å². The highest BCUT2D eigenvalue weighted by molar-refractivity contribution is 6.30. The number of rotatable bonds is 5. The van der Waals surface area contributed by atoms with E-state index in [9.17, 15) is 9.59 Å². The van der Waals surface area contributed by atoms with Crippen LogP contribution in [0, 0.1) is 0 Å². The summed E-state index contributed by atoms with van der Waals surface area (Å²) in [6.07, 6.45) is 3.34. The zero-order valence-corrected chi connectivity index (χ0v) is 10.6. The Morgan fingerprint density at radius 1 is 1.44 bits per heavy atom. The molecule has 0 radical (unpaired) electrons. The van der Waals surface area contributed by atoms with Gasteiger partial charge in [-0.1, -0.05) is 29.8 Å². The molecule has 0 aliphatic heterocycles. The first-order chi connectivity index (χ1) is 8.52. The van der Waals surface area contributed by atoms with Crippen LogP contribution in [0.1, 0.15) is 17.5 Å². The Bertz CT molecular complexity index is 480. The van der Waals surface area contributed by atoms with Crippen LogP contribution in [0.15, 0.2) is 24.3 Å². The number of aliphatic carboxylic acids is 1. The first-order valence-corrected chi connectivity index (χ1v) is 5.64. The Kier molecular flexibility index (Phi) is 5.39. The smallest absolute Gasteiger partial charge is 0.309 e.